The van der Waals surface area contributed by atoms with E-state index in [1.165, 1.54) is 30.7 Å². The first-order valence-electron chi connectivity index (χ1n) is 12.6. The van der Waals surface area contributed by atoms with Crippen molar-refractivity contribution >= 4 is 43.5 Å². The van der Waals surface area contributed by atoms with E-state index in [4.69, 9.17) is 0 Å². The van der Waals surface area contributed by atoms with Crippen LogP contribution >= 0.6 is 15.9 Å². The lowest BCUT2D eigenvalue weighted by molar-refractivity contribution is -0.141. The van der Waals surface area contributed by atoms with E-state index in [2.05, 4.69) is 21.2 Å². The third-order valence-corrected chi connectivity index (χ3v) is 8.37. The zero-order valence-corrected chi connectivity index (χ0v) is 23.7. The first-order chi connectivity index (χ1) is 17.5. The fraction of sp³-hybridized carbons (Fsp3) is 0.481. The SMILES string of the molecule is CC(C(=O)NC1CCCCC1)N(Cc1ccc(Br)cc1)C(=O)CCCN(c1ccc(F)cc1)S(C)(=O)=O. The molecule has 0 heterocycles. The highest BCUT2D eigenvalue weighted by Gasteiger charge is 2.28. The summed E-state index contributed by atoms with van der Waals surface area (Å²) < 4.78 is 40.1. The van der Waals surface area contributed by atoms with Crippen LogP contribution in [0.15, 0.2) is 53.0 Å². The quantitative estimate of drug-likeness (QED) is 0.396. The topological polar surface area (TPSA) is 86.8 Å². The van der Waals surface area contributed by atoms with Crippen molar-refractivity contribution < 1.29 is 22.4 Å². The van der Waals surface area contributed by atoms with Gasteiger partial charge in [-0.25, -0.2) is 12.8 Å². The third kappa shape index (κ3) is 8.81. The van der Waals surface area contributed by atoms with Crippen molar-refractivity contribution in [3.05, 3.63) is 64.4 Å². The van der Waals surface area contributed by atoms with Crippen LogP contribution in [0.25, 0.3) is 0 Å². The first kappa shape index (κ1) is 29.1. The number of hydrogen-bond donors (Lipinski definition) is 1. The predicted octanol–water partition coefficient (Wildman–Crippen LogP) is 5.00. The van der Waals surface area contributed by atoms with E-state index in [1.807, 2.05) is 24.3 Å². The number of nitrogens with one attached hydrogen (secondary N) is 1. The molecule has 1 saturated carbocycles. The summed E-state index contributed by atoms with van der Waals surface area (Å²) in [6, 6.07) is 12.2. The monoisotopic (exact) mass is 595 g/mol. The Hall–Kier alpha value is -2.46. The van der Waals surface area contributed by atoms with Gasteiger partial charge in [-0.2, -0.15) is 0 Å². The van der Waals surface area contributed by atoms with E-state index in [9.17, 15) is 22.4 Å². The predicted molar refractivity (Wildman–Crippen MR) is 147 cm³/mol. The molecule has 1 N–H and O–H groups in total. The summed E-state index contributed by atoms with van der Waals surface area (Å²) >= 11 is 3.42. The van der Waals surface area contributed by atoms with Crippen molar-refractivity contribution in [1.29, 1.82) is 0 Å². The van der Waals surface area contributed by atoms with Gasteiger partial charge in [0.05, 0.1) is 11.9 Å². The molecule has 0 saturated heterocycles. The van der Waals surface area contributed by atoms with Crippen LogP contribution < -0.4 is 9.62 Å². The summed E-state index contributed by atoms with van der Waals surface area (Å²) in [4.78, 5) is 28.0. The lowest BCUT2D eigenvalue weighted by Crippen LogP contribution is -2.50. The van der Waals surface area contributed by atoms with E-state index in [0.717, 1.165) is 46.3 Å². The second kappa shape index (κ2) is 13.4. The van der Waals surface area contributed by atoms with Gasteiger partial charge in [-0.05, 0) is 68.1 Å². The van der Waals surface area contributed by atoms with Crippen molar-refractivity contribution in [2.24, 2.45) is 0 Å². The van der Waals surface area contributed by atoms with Crippen LogP contribution in [0.2, 0.25) is 0 Å². The maximum atomic E-state index is 13.4. The molecule has 1 fully saturated rings. The Kier molecular flexibility index (Phi) is 10.5. The molecular formula is C27H35BrFN3O4S. The zero-order chi connectivity index (χ0) is 27.0. The second-order valence-corrected chi connectivity index (χ2v) is 12.4. The lowest BCUT2D eigenvalue weighted by Gasteiger charge is -2.31. The summed E-state index contributed by atoms with van der Waals surface area (Å²) in [5.41, 5.74) is 1.22. The number of carbonyl (C=O) groups excluding carboxylic acids is 2. The molecule has 0 bridgehead atoms. The molecule has 2 aromatic rings. The first-order valence-corrected chi connectivity index (χ1v) is 15.3. The maximum absolute atomic E-state index is 13.4. The van der Waals surface area contributed by atoms with Crippen molar-refractivity contribution in [2.75, 3.05) is 17.1 Å². The van der Waals surface area contributed by atoms with Gasteiger partial charge in [0, 0.05) is 30.0 Å². The van der Waals surface area contributed by atoms with E-state index in [-0.39, 0.29) is 43.8 Å². The molecule has 2 aromatic carbocycles. The van der Waals surface area contributed by atoms with Crippen LogP contribution in [0.5, 0.6) is 0 Å². The molecular weight excluding hydrogens is 561 g/mol. The highest BCUT2D eigenvalue weighted by atomic mass is 79.9. The van der Waals surface area contributed by atoms with E-state index in [1.54, 1.807) is 11.8 Å². The Morgan fingerprint density at radius 3 is 2.27 bits per heavy atom. The molecule has 10 heteroatoms. The average molecular weight is 597 g/mol. The van der Waals surface area contributed by atoms with Crippen LogP contribution in [0.3, 0.4) is 0 Å². The number of amides is 2. The van der Waals surface area contributed by atoms with Crippen LogP contribution in [-0.2, 0) is 26.2 Å². The Morgan fingerprint density at radius 1 is 1.05 bits per heavy atom. The highest BCUT2D eigenvalue weighted by Crippen LogP contribution is 2.21. The molecule has 2 amide bonds. The number of rotatable bonds is 11. The zero-order valence-electron chi connectivity index (χ0n) is 21.3. The largest absolute Gasteiger partial charge is 0.352 e. The van der Waals surface area contributed by atoms with E-state index in [0.29, 0.717) is 5.69 Å². The minimum atomic E-state index is -3.63. The number of sulfonamides is 1. The van der Waals surface area contributed by atoms with Crippen LogP contribution in [0, 0.1) is 5.82 Å². The standard InChI is InChI=1S/C27H35BrFN3O4S/c1-20(27(34)30-24-7-4-3-5-8-24)31(19-21-10-12-22(28)13-11-21)26(33)9-6-18-32(37(2,35)36)25-16-14-23(29)15-17-25/h10-17,20,24H,3-9,18-19H2,1-2H3,(H,30,34). The summed E-state index contributed by atoms with van der Waals surface area (Å²) in [5.74, 6) is -0.875. The van der Waals surface area contributed by atoms with Crippen molar-refractivity contribution in [2.45, 2.75) is 70.5 Å². The van der Waals surface area contributed by atoms with Crippen molar-refractivity contribution in [3.8, 4) is 0 Å². The van der Waals surface area contributed by atoms with Gasteiger partial charge in [-0.15, -0.1) is 0 Å². The molecule has 1 aliphatic carbocycles. The minimum Gasteiger partial charge on any atom is -0.352 e. The van der Waals surface area contributed by atoms with Gasteiger partial charge in [0.25, 0.3) is 0 Å². The summed E-state index contributed by atoms with van der Waals surface area (Å²) in [5, 5.41) is 3.11. The Labute approximate surface area is 227 Å². The molecule has 7 nitrogen and oxygen atoms in total. The lowest BCUT2D eigenvalue weighted by atomic mass is 9.95. The van der Waals surface area contributed by atoms with Gasteiger partial charge >= 0.3 is 0 Å². The van der Waals surface area contributed by atoms with Crippen LogP contribution in [-0.4, -0.2) is 50.0 Å². The van der Waals surface area contributed by atoms with Crippen molar-refractivity contribution in [3.63, 3.8) is 0 Å². The van der Waals surface area contributed by atoms with Gasteiger partial charge in [0.2, 0.25) is 21.8 Å². The van der Waals surface area contributed by atoms with Crippen molar-refractivity contribution in [1.82, 2.24) is 10.2 Å². The molecule has 0 aromatic heterocycles. The molecule has 37 heavy (non-hydrogen) atoms. The number of halogens is 2. The number of nitrogens with zero attached hydrogens (tertiary/aromatic N) is 2. The summed E-state index contributed by atoms with van der Waals surface area (Å²) in [7, 11) is -3.63. The number of hydrogen-bond acceptors (Lipinski definition) is 4. The maximum Gasteiger partial charge on any atom is 0.242 e. The number of benzene rings is 2. The van der Waals surface area contributed by atoms with E-state index >= 15 is 0 Å². The number of anilines is 1. The Balaban J connectivity index is 1.70. The van der Waals surface area contributed by atoms with Gasteiger partial charge in [0.1, 0.15) is 11.9 Å². The second-order valence-electron chi connectivity index (χ2n) is 9.58. The van der Waals surface area contributed by atoms with Gasteiger partial charge < -0.3 is 10.2 Å². The summed E-state index contributed by atoms with van der Waals surface area (Å²) in [6.07, 6.45) is 6.64. The van der Waals surface area contributed by atoms with Crippen LogP contribution in [0.1, 0.15) is 57.4 Å². The highest BCUT2D eigenvalue weighted by molar-refractivity contribution is 9.10. The molecule has 3 rings (SSSR count). The average Bonchev–Trinajstić information content (AvgIpc) is 2.86. The smallest absolute Gasteiger partial charge is 0.242 e. The third-order valence-electron chi connectivity index (χ3n) is 6.65. The molecule has 0 radical (unpaired) electrons. The number of carbonyl (C=O) groups is 2. The van der Waals surface area contributed by atoms with Gasteiger partial charge in [-0.1, -0.05) is 47.3 Å². The molecule has 0 aliphatic heterocycles. The molecule has 1 unspecified atom stereocenters. The fourth-order valence-electron chi connectivity index (χ4n) is 4.55. The fourth-order valence-corrected chi connectivity index (χ4v) is 5.78. The summed E-state index contributed by atoms with van der Waals surface area (Å²) in [6.45, 7) is 2.06. The van der Waals surface area contributed by atoms with Crippen LogP contribution in [0.4, 0.5) is 10.1 Å². The normalized spacial score (nSPS) is 15.1. The molecule has 202 valence electrons. The molecule has 1 aliphatic rings. The van der Waals surface area contributed by atoms with Gasteiger partial charge in [-0.3, -0.25) is 13.9 Å². The van der Waals surface area contributed by atoms with E-state index < -0.39 is 21.9 Å². The van der Waals surface area contributed by atoms with Gasteiger partial charge in [0.15, 0.2) is 0 Å². The Morgan fingerprint density at radius 2 is 1.68 bits per heavy atom. The Bertz CT molecular complexity index is 1150. The minimum absolute atomic E-state index is 0.0603. The molecule has 1 atom stereocenters. The molecule has 0 spiro atoms.